The Kier molecular flexibility index (Phi) is 3.89. The maximum Gasteiger partial charge on any atom is 0.282 e. The van der Waals surface area contributed by atoms with Crippen LogP contribution in [-0.2, 0) is 0 Å². The summed E-state index contributed by atoms with van der Waals surface area (Å²) in [6.07, 6.45) is 2.93. The molecule has 0 fully saturated rings. The Morgan fingerprint density at radius 1 is 1.35 bits per heavy atom. The van der Waals surface area contributed by atoms with E-state index in [1.807, 2.05) is 0 Å². The second-order valence-electron chi connectivity index (χ2n) is 5.15. The number of aromatic amines is 1. The summed E-state index contributed by atoms with van der Waals surface area (Å²) >= 11 is 5.18. The van der Waals surface area contributed by atoms with Crippen LogP contribution in [0.5, 0.6) is 11.5 Å². The van der Waals surface area contributed by atoms with Gasteiger partial charge in [0.2, 0.25) is 17.4 Å². The number of benzene rings is 1. The topological polar surface area (TPSA) is 120 Å². The van der Waals surface area contributed by atoms with E-state index in [1.165, 1.54) is 23.0 Å². The Morgan fingerprint density at radius 2 is 2.15 bits per heavy atom. The lowest BCUT2D eigenvalue weighted by molar-refractivity contribution is -0.385. The number of fused-ring (bicyclic) bond motifs is 1. The van der Waals surface area contributed by atoms with Gasteiger partial charge in [-0.15, -0.1) is 0 Å². The monoisotopic (exact) mass is 370 g/mol. The van der Waals surface area contributed by atoms with Crippen molar-refractivity contribution in [1.82, 2.24) is 19.9 Å². The number of pyridine rings is 1. The molecule has 0 saturated carbocycles. The fourth-order valence-corrected chi connectivity index (χ4v) is 2.57. The summed E-state index contributed by atoms with van der Waals surface area (Å²) in [6.45, 7) is 0.0176. The van der Waals surface area contributed by atoms with Crippen molar-refractivity contribution in [1.29, 1.82) is 0 Å². The molecule has 10 nitrogen and oxygen atoms in total. The number of nitro benzene ring substituents is 1. The average Bonchev–Trinajstić information content (AvgIpc) is 3.25. The second kappa shape index (κ2) is 6.37. The molecular formula is C15H10N6O4S. The molecule has 0 amide bonds. The zero-order chi connectivity index (χ0) is 18.1. The van der Waals surface area contributed by atoms with Crippen molar-refractivity contribution in [2.75, 3.05) is 6.79 Å². The third-order valence-electron chi connectivity index (χ3n) is 3.58. The average molecular weight is 370 g/mol. The van der Waals surface area contributed by atoms with Crippen molar-refractivity contribution in [3.05, 3.63) is 57.0 Å². The minimum absolute atomic E-state index is 0.0176. The van der Waals surface area contributed by atoms with E-state index < -0.39 is 4.92 Å². The second-order valence-corrected chi connectivity index (χ2v) is 5.53. The van der Waals surface area contributed by atoms with Gasteiger partial charge in [0, 0.05) is 6.20 Å². The smallest absolute Gasteiger partial charge is 0.282 e. The molecule has 11 heteroatoms. The van der Waals surface area contributed by atoms with Gasteiger partial charge in [-0.05, 0) is 30.4 Å². The van der Waals surface area contributed by atoms with Crippen molar-refractivity contribution >= 4 is 24.1 Å². The highest BCUT2D eigenvalue weighted by atomic mass is 32.1. The van der Waals surface area contributed by atoms with Crippen molar-refractivity contribution in [2.24, 2.45) is 5.10 Å². The van der Waals surface area contributed by atoms with E-state index in [0.29, 0.717) is 23.0 Å². The number of nitro groups is 1. The minimum Gasteiger partial charge on any atom is -0.454 e. The van der Waals surface area contributed by atoms with Crippen LogP contribution >= 0.6 is 12.2 Å². The molecule has 1 aliphatic heterocycles. The first kappa shape index (κ1) is 15.9. The maximum atomic E-state index is 11.3. The highest BCUT2D eigenvalue weighted by Crippen LogP contribution is 2.37. The molecule has 1 N–H and O–H groups in total. The molecule has 1 aromatic carbocycles. The Labute approximate surface area is 150 Å². The molecule has 3 heterocycles. The first-order chi connectivity index (χ1) is 12.6. The van der Waals surface area contributed by atoms with E-state index in [4.69, 9.17) is 21.7 Å². The summed E-state index contributed by atoms with van der Waals surface area (Å²) in [4.78, 5) is 15.0. The molecule has 130 valence electrons. The standard InChI is InChI=1S/C15H10N6O4S/c22-21(23)11-6-13-12(24-8-25-13)5-9(11)7-17-20-14(18-19-15(20)26)10-3-1-2-4-16-10/h1-7H,8H2,(H,19,26)/b17-7+. The fourth-order valence-electron chi connectivity index (χ4n) is 2.39. The Morgan fingerprint density at radius 3 is 2.88 bits per heavy atom. The van der Waals surface area contributed by atoms with Crippen LogP contribution in [0.25, 0.3) is 11.5 Å². The van der Waals surface area contributed by atoms with Crippen molar-refractivity contribution in [3.63, 3.8) is 0 Å². The zero-order valence-electron chi connectivity index (χ0n) is 13.0. The Bertz CT molecular complexity index is 1080. The highest BCUT2D eigenvalue weighted by Gasteiger charge is 2.22. The van der Waals surface area contributed by atoms with E-state index in [2.05, 4.69) is 20.3 Å². The van der Waals surface area contributed by atoms with Gasteiger partial charge in [0.05, 0.1) is 22.8 Å². The number of hydrogen-bond acceptors (Lipinski definition) is 8. The van der Waals surface area contributed by atoms with Gasteiger partial charge in [0.1, 0.15) is 5.69 Å². The van der Waals surface area contributed by atoms with Crippen LogP contribution in [0.3, 0.4) is 0 Å². The van der Waals surface area contributed by atoms with Crippen LogP contribution in [-0.4, -0.2) is 37.8 Å². The van der Waals surface area contributed by atoms with Crippen molar-refractivity contribution in [2.45, 2.75) is 0 Å². The van der Waals surface area contributed by atoms with Gasteiger partial charge < -0.3 is 9.47 Å². The Balaban J connectivity index is 1.78. The normalized spacial score (nSPS) is 12.6. The predicted molar refractivity (Wildman–Crippen MR) is 92.9 cm³/mol. The number of nitrogens with zero attached hydrogens (tertiary/aromatic N) is 5. The molecule has 0 saturated heterocycles. The first-order valence-electron chi connectivity index (χ1n) is 7.34. The Hall–Kier alpha value is -3.60. The van der Waals surface area contributed by atoms with Crippen molar-refractivity contribution in [3.8, 4) is 23.0 Å². The van der Waals surface area contributed by atoms with Crippen LogP contribution < -0.4 is 9.47 Å². The molecule has 0 aliphatic carbocycles. The fraction of sp³-hybridized carbons (Fsp3) is 0.0667. The summed E-state index contributed by atoms with van der Waals surface area (Å²) < 4.78 is 12.0. The van der Waals surface area contributed by atoms with E-state index in [-0.39, 0.29) is 22.8 Å². The van der Waals surface area contributed by atoms with Crippen LogP contribution in [0.15, 0.2) is 41.6 Å². The van der Waals surface area contributed by atoms with E-state index >= 15 is 0 Å². The lowest BCUT2D eigenvalue weighted by atomic mass is 10.1. The lowest BCUT2D eigenvalue weighted by Crippen LogP contribution is -1.99. The quantitative estimate of drug-likeness (QED) is 0.324. The van der Waals surface area contributed by atoms with Gasteiger partial charge in [-0.2, -0.15) is 14.9 Å². The highest BCUT2D eigenvalue weighted by molar-refractivity contribution is 7.71. The summed E-state index contributed by atoms with van der Waals surface area (Å²) in [7, 11) is 0. The van der Waals surface area contributed by atoms with Gasteiger partial charge in [-0.25, -0.2) is 5.10 Å². The number of hydrogen-bond donors (Lipinski definition) is 1. The molecule has 2 aromatic heterocycles. The van der Waals surface area contributed by atoms with Gasteiger partial charge in [-0.1, -0.05) is 6.07 Å². The lowest BCUT2D eigenvalue weighted by Gasteiger charge is -2.02. The molecule has 0 bridgehead atoms. The number of ether oxygens (including phenoxy) is 2. The van der Waals surface area contributed by atoms with E-state index in [1.54, 1.807) is 24.4 Å². The van der Waals surface area contributed by atoms with E-state index in [0.717, 1.165) is 0 Å². The summed E-state index contributed by atoms with van der Waals surface area (Å²) in [5, 5.41) is 22.3. The number of aromatic nitrogens is 4. The third kappa shape index (κ3) is 2.80. The molecule has 0 atom stereocenters. The first-order valence-corrected chi connectivity index (χ1v) is 7.75. The van der Waals surface area contributed by atoms with Crippen LogP contribution in [0.4, 0.5) is 5.69 Å². The zero-order valence-corrected chi connectivity index (χ0v) is 13.8. The molecule has 1 aliphatic rings. The molecular weight excluding hydrogens is 360 g/mol. The minimum atomic E-state index is -0.516. The third-order valence-corrected chi connectivity index (χ3v) is 3.84. The molecule has 0 spiro atoms. The van der Waals surface area contributed by atoms with Gasteiger partial charge in [0.15, 0.2) is 11.5 Å². The summed E-state index contributed by atoms with van der Waals surface area (Å²) in [6, 6.07) is 8.12. The maximum absolute atomic E-state index is 11.3. The molecule has 0 radical (unpaired) electrons. The van der Waals surface area contributed by atoms with Crippen molar-refractivity contribution < 1.29 is 14.4 Å². The summed E-state index contributed by atoms with van der Waals surface area (Å²) in [5.74, 6) is 1.12. The predicted octanol–water partition coefficient (Wildman–Crippen LogP) is 2.52. The molecule has 26 heavy (non-hydrogen) atoms. The van der Waals surface area contributed by atoms with Gasteiger partial charge in [0.25, 0.3) is 5.69 Å². The van der Waals surface area contributed by atoms with Crippen LogP contribution in [0.2, 0.25) is 0 Å². The SMILES string of the molecule is O=[N+]([O-])c1cc2c(cc1/C=N/n1c(-c3ccccn3)n[nH]c1=S)OCO2. The summed E-state index contributed by atoms with van der Waals surface area (Å²) in [5.41, 5.74) is 0.638. The molecule has 3 aromatic rings. The van der Waals surface area contributed by atoms with Gasteiger partial charge >= 0.3 is 0 Å². The number of nitrogens with one attached hydrogen (secondary N) is 1. The van der Waals surface area contributed by atoms with Crippen LogP contribution in [0, 0.1) is 14.9 Å². The number of rotatable bonds is 4. The van der Waals surface area contributed by atoms with Crippen LogP contribution in [0.1, 0.15) is 5.56 Å². The largest absolute Gasteiger partial charge is 0.454 e. The van der Waals surface area contributed by atoms with Gasteiger partial charge in [-0.3, -0.25) is 15.1 Å². The van der Waals surface area contributed by atoms with E-state index in [9.17, 15) is 10.1 Å². The number of H-pyrrole nitrogens is 1. The molecule has 4 rings (SSSR count). The molecule has 0 unspecified atom stereocenters.